The molecule has 1 aliphatic carbocycles. The lowest BCUT2D eigenvalue weighted by molar-refractivity contribution is -0.179. The summed E-state index contributed by atoms with van der Waals surface area (Å²) in [5.41, 5.74) is 2.53. The number of carbonyl (C=O) groups is 1. The fraction of sp³-hybridized carbons (Fsp3) is 0.483. The summed E-state index contributed by atoms with van der Waals surface area (Å²) < 4.78 is 32.8. The van der Waals surface area contributed by atoms with Crippen LogP contribution in [0.5, 0.6) is 0 Å². The first-order chi connectivity index (χ1) is 18.4. The second-order valence-electron chi connectivity index (χ2n) is 11.5. The van der Waals surface area contributed by atoms with Crippen molar-refractivity contribution in [2.24, 2.45) is 16.1 Å². The van der Waals surface area contributed by atoms with Gasteiger partial charge < -0.3 is 9.64 Å². The lowest BCUT2D eigenvalue weighted by Crippen LogP contribution is -2.57. The minimum atomic E-state index is -3.53. The number of carbonyl (C=O) groups excluding carboxylic acids is 1. The minimum absolute atomic E-state index is 0.0929. The molecule has 2 fully saturated rings. The summed E-state index contributed by atoms with van der Waals surface area (Å²) in [6, 6.07) is 13.7. The number of ether oxygens (including phenoxy) is 1. The second kappa shape index (κ2) is 11.0. The summed E-state index contributed by atoms with van der Waals surface area (Å²) in [5.74, 6) is -0.239. The van der Waals surface area contributed by atoms with E-state index < -0.39 is 38.9 Å². The Labute approximate surface area is 240 Å². The number of nitrogens with zero attached hydrogens (tertiary/aromatic N) is 3. The monoisotopic (exact) mass is 589 g/mol. The van der Waals surface area contributed by atoms with E-state index in [4.69, 9.17) is 27.9 Å². The van der Waals surface area contributed by atoms with Crippen molar-refractivity contribution >= 4 is 38.9 Å². The van der Waals surface area contributed by atoms with Crippen LogP contribution in [-0.2, 0) is 19.4 Å². The maximum absolute atomic E-state index is 14.4. The highest BCUT2D eigenvalue weighted by atomic mass is 35.5. The molecular formula is C29H33Cl2N3O4S. The molecule has 3 aliphatic rings. The Balaban J connectivity index is 1.65. The van der Waals surface area contributed by atoms with Gasteiger partial charge in [0, 0.05) is 22.5 Å². The van der Waals surface area contributed by atoms with E-state index in [1.54, 1.807) is 45.2 Å². The van der Waals surface area contributed by atoms with Gasteiger partial charge in [-0.25, -0.2) is 8.42 Å². The molecule has 1 saturated heterocycles. The highest BCUT2D eigenvalue weighted by molar-refractivity contribution is 7.92. The quantitative estimate of drug-likeness (QED) is 0.341. The molecule has 0 unspecified atom stereocenters. The largest absolute Gasteiger partial charge is 0.358 e. The SMILES string of the molecule is CC(C)(C)S(=O)(=O)C[C@H](C1CC1)N1C(=O)[C@H](CC2=CN=NC2)O[C@H](c2cccc(Cl)c2)[C@H]1c1ccc(Cl)cc1. The van der Waals surface area contributed by atoms with Crippen LogP contribution in [-0.4, -0.2) is 48.4 Å². The van der Waals surface area contributed by atoms with Gasteiger partial charge in [0.25, 0.3) is 5.91 Å². The predicted octanol–water partition coefficient (Wildman–Crippen LogP) is 6.73. The van der Waals surface area contributed by atoms with E-state index in [9.17, 15) is 13.2 Å². The summed E-state index contributed by atoms with van der Waals surface area (Å²) in [6.45, 7) is 5.55. The number of morpholine rings is 1. The molecule has 5 rings (SSSR count). The van der Waals surface area contributed by atoms with Crippen LogP contribution in [0.25, 0.3) is 0 Å². The first-order valence-electron chi connectivity index (χ1n) is 13.2. The second-order valence-corrected chi connectivity index (χ2v) is 15.2. The third-order valence-corrected chi connectivity index (χ3v) is 10.8. The summed E-state index contributed by atoms with van der Waals surface area (Å²) in [5, 5.41) is 9.10. The third-order valence-electron chi connectivity index (χ3n) is 7.71. The lowest BCUT2D eigenvalue weighted by Gasteiger charge is -2.48. The molecule has 0 radical (unpaired) electrons. The number of hydrogen-bond donors (Lipinski definition) is 0. The van der Waals surface area contributed by atoms with Gasteiger partial charge in [0.1, 0.15) is 12.2 Å². The fourth-order valence-electron chi connectivity index (χ4n) is 5.25. The van der Waals surface area contributed by atoms with Crippen molar-refractivity contribution in [2.45, 2.75) is 69.1 Å². The molecule has 4 atom stereocenters. The van der Waals surface area contributed by atoms with Gasteiger partial charge >= 0.3 is 0 Å². The van der Waals surface area contributed by atoms with Gasteiger partial charge in [0.15, 0.2) is 9.84 Å². The van der Waals surface area contributed by atoms with Crippen LogP contribution in [0.3, 0.4) is 0 Å². The normalized spacial score (nSPS) is 24.6. The van der Waals surface area contributed by atoms with Crippen molar-refractivity contribution in [1.82, 2.24) is 4.90 Å². The highest BCUT2D eigenvalue weighted by Gasteiger charge is 2.52. The third kappa shape index (κ3) is 6.09. The molecule has 208 valence electrons. The number of rotatable bonds is 8. The molecule has 0 spiro atoms. The number of azo groups is 1. The number of halogens is 2. The first-order valence-corrected chi connectivity index (χ1v) is 15.6. The highest BCUT2D eigenvalue weighted by Crippen LogP contribution is 2.49. The Morgan fingerprint density at radius 3 is 2.36 bits per heavy atom. The van der Waals surface area contributed by atoms with Crippen molar-refractivity contribution in [3.8, 4) is 0 Å². The molecule has 39 heavy (non-hydrogen) atoms. The molecule has 2 aromatic carbocycles. The Hall–Kier alpha value is -2.26. The number of hydrogen-bond acceptors (Lipinski definition) is 6. The Morgan fingerprint density at radius 1 is 1.05 bits per heavy atom. The van der Waals surface area contributed by atoms with Gasteiger partial charge in [-0.1, -0.05) is 47.5 Å². The molecule has 0 N–H and O–H groups in total. The van der Waals surface area contributed by atoms with Crippen LogP contribution in [0.4, 0.5) is 0 Å². The summed E-state index contributed by atoms with van der Waals surface area (Å²) >= 11 is 12.6. The smallest absolute Gasteiger partial charge is 0.252 e. The van der Waals surface area contributed by atoms with Gasteiger partial charge in [-0.2, -0.15) is 10.2 Å². The van der Waals surface area contributed by atoms with Crippen molar-refractivity contribution in [2.75, 3.05) is 12.3 Å². The molecule has 0 aromatic heterocycles. The zero-order valence-electron chi connectivity index (χ0n) is 22.3. The maximum atomic E-state index is 14.4. The summed E-state index contributed by atoms with van der Waals surface area (Å²) in [6.07, 6.45) is 2.35. The zero-order valence-corrected chi connectivity index (χ0v) is 24.6. The van der Waals surface area contributed by atoms with Crippen molar-refractivity contribution in [3.63, 3.8) is 0 Å². The van der Waals surface area contributed by atoms with Crippen molar-refractivity contribution < 1.29 is 17.9 Å². The van der Waals surface area contributed by atoms with E-state index in [1.807, 2.05) is 35.2 Å². The topological polar surface area (TPSA) is 88.4 Å². The van der Waals surface area contributed by atoms with E-state index in [0.717, 1.165) is 29.5 Å². The summed E-state index contributed by atoms with van der Waals surface area (Å²) in [7, 11) is -3.53. The van der Waals surface area contributed by atoms with E-state index in [-0.39, 0.29) is 17.6 Å². The van der Waals surface area contributed by atoms with E-state index in [2.05, 4.69) is 10.2 Å². The van der Waals surface area contributed by atoms with Crippen LogP contribution in [0, 0.1) is 5.92 Å². The van der Waals surface area contributed by atoms with Gasteiger partial charge in [0.2, 0.25) is 0 Å². The van der Waals surface area contributed by atoms with Gasteiger partial charge in [-0.3, -0.25) is 4.79 Å². The van der Waals surface area contributed by atoms with Crippen LogP contribution in [0.2, 0.25) is 10.0 Å². The van der Waals surface area contributed by atoms with Gasteiger partial charge in [0.05, 0.1) is 29.3 Å². The van der Waals surface area contributed by atoms with Crippen LogP contribution >= 0.6 is 23.2 Å². The minimum Gasteiger partial charge on any atom is -0.358 e. The first kappa shape index (κ1) is 28.3. The zero-order chi connectivity index (χ0) is 27.9. The van der Waals surface area contributed by atoms with Gasteiger partial charge in [-0.05, 0) is 80.5 Å². The average Bonchev–Trinajstić information content (AvgIpc) is 3.59. The lowest BCUT2D eigenvalue weighted by atomic mass is 9.89. The Bertz CT molecular complexity index is 1400. The molecule has 7 nitrogen and oxygen atoms in total. The van der Waals surface area contributed by atoms with E-state index >= 15 is 0 Å². The summed E-state index contributed by atoms with van der Waals surface area (Å²) in [4.78, 5) is 16.2. The molecular weight excluding hydrogens is 557 g/mol. The fourth-order valence-corrected chi connectivity index (χ4v) is 6.96. The molecule has 0 bridgehead atoms. The molecule has 2 aromatic rings. The van der Waals surface area contributed by atoms with E-state index in [1.165, 1.54) is 0 Å². The molecule has 10 heteroatoms. The van der Waals surface area contributed by atoms with Crippen LogP contribution in [0.1, 0.15) is 63.3 Å². The standard InChI is InChI=1S/C29H33Cl2N3O4S/c1-29(2,3)39(36,37)17-24(19-7-8-19)34-26(20-9-11-22(30)12-10-20)27(21-5-4-6-23(31)14-21)38-25(28(34)35)13-18-15-32-33-16-18/h4-6,9-12,14-15,19,24-27H,7-8,13,16-17H2,1-3H3/t24-,25+,26-,27-/m1/s1. The Morgan fingerprint density at radius 2 is 1.77 bits per heavy atom. The van der Waals surface area contributed by atoms with Gasteiger partial charge in [-0.15, -0.1) is 0 Å². The van der Waals surface area contributed by atoms with Crippen molar-refractivity contribution in [3.05, 3.63) is 81.5 Å². The predicted molar refractivity (Wildman–Crippen MR) is 153 cm³/mol. The molecule has 1 amide bonds. The number of amides is 1. The van der Waals surface area contributed by atoms with E-state index in [0.29, 0.717) is 23.0 Å². The van der Waals surface area contributed by atoms with Crippen LogP contribution in [0.15, 0.2) is 70.5 Å². The molecule has 1 saturated carbocycles. The molecule has 2 aliphatic heterocycles. The Kier molecular flexibility index (Phi) is 7.94. The maximum Gasteiger partial charge on any atom is 0.252 e. The van der Waals surface area contributed by atoms with Crippen molar-refractivity contribution in [1.29, 1.82) is 0 Å². The average molecular weight is 591 g/mol. The number of sulfone groups is 1. The number of benzene rings is 2. The van der Waals surface area contributed by atoms with Crippen LogP contribution < -0.4 is 0 Å². The molecule has 2 heterocycles.